The number of methoxy groups -OCH3 is 1. The Labute approximate surface area is 102 Å². The molecular formula is C13H18ClNO. The zero-order chi connectivity index (χ0) is 11.8. The minimum absolute atomic E-state index is 0.310. The lowest BCUT2D eigenvalue weighted by Gasteiger charge is -2.17. The maximum atomic E-state index is 6.08. The summed E-state index contributed by atoms with van der Waals surface area (Å²) in [6.07, 6.45) is 3.42. The Kier molecular flexibility index (Phi) is 3.13. The number of aryl methyl sites for hydroxylation is 1. The van der Waals surface area contributed by atoms with Crippen LogP contribution in [-0.2, 0) is 6.42 Å². The fourth-order valence-corrected chi connectivity index (χ4v) is 2.55. The molecule has 0 heterocycles. The summed E-state index contributed by atoms with van der Waals surface area (Å²) in [7, 11) is 1.71. The van der Waals surface area contributed by atoms with Crippen LogP contribution in [0, 0.1) is 12.3 Å². The maximum Gasteiger partial charge on any atom is 0.125 e. The number of hydrogen-bond acceptors (Lipinski definition) is 2. The van der Waals surface area contributed by atoms with Crippen molar-refractivity contribution in [2.75, 3.05) is 13.7 Å². The summed E-state index contributed by atoms with van der Waals surface area (Å²) in [5, 5.41) is 0.779. The minimum Gasteiger partial charge on any atom is -0.496 e. The molecule has 1 aromatic carbocycles. The van der Waals surface area contributed by atoms with E-state index in [0.717, 1.165) is 29.3 Å². The smallest absolute Gasteiger partial charge is 0.125 e. The Balaban J connectivity index is 2.31. The van der Waals surface area contributed by atoms with E-state index in [1.807, 2.05) is 19.1 Å². The molecule has 1 aliphatic rings. The highest BCUT2D eigenvalue weighted by molar-refractivity contribution is 6.30. The zero-order valence-corrected chi connectivity index (χ0v) is 10.6. The highest BCUT2D eigenvalue weighted by Gasteiger charge is 2.41. The van der Waals surface area contributed by atoms with E-state index in [4.69, 9.17) is 22.1 Å². The highest BCUT2D eigenvalue weighted by atomic mass is 35.5. The van der Waals surface area contributed by atoms with Gasteiger partial charge in [-0.05, 0) is 61.4 Å². The molecule has 0 bridgehead atoms. The van der Waals surface area contributed by atoms with Gasteiger partial charge in [-0.3, -0.25) is 0 Å². The Morgan fingerprint density at radius 3 is 2.62 bits per heavy atom. The van der Waals surface area contributed by atoms with Crippen molar-refractivity contribution in [2.45, 2.75) is 26.2 Å². The fourth-order valence-electron chi connectivity index (χ4n) is 2.26. The summed E-state index contributed by atoms with van der Waals surface area (Å²) in [4.78, 5) is 0. The SMILES string of the molecule is COc1c(C)cc(Cl)cc1CC1(CN)CC1. The molecule has 16 heavy (non-hydrogen) atoms. The summed E-state index contributed by atoms with van der Waals surface area (Å²) < 4.78 is 5.45. The number of benzene rings is 1. The molecular weight excluding hydrogens is 222 g/mol. The van der Waals surface area contributed by atoms with Gasteiger partial charge in [0.25, 0.3) is 0 Å². The lowest BCUT2D eigenvalue weighted by atomic mass is 9.95. The first-order valence-electron chi connectivity index (χ1n) is 5.63. The van der Waals surface area contributed by atoms with Crippen LogP contribution in [0.15, 0.2) is 12.1 Å². The lowest BCUT2D eigenvalue weighted by molar-refractivity contribution is 0.399. The number of rotatable bonds is 4. The Hall–Kier alpha value is -0.730. The van der Waals surface area contributed by atoms with Gasteiger partial charge >= 0.3 is 0 Å². The molecule has 0 amide bonds. The predicted molar refractivity (Wildman–Crippen MR) is 67.2 cm³/mol. The lowest BCUT2D eigenvalue weighted by Crippen LogP contribution is -2.18. The first kappa shape index (κ1) is 11.7. The van der Waals surface area contributed by atoms with Crippen LogP contribution in [0.1, 0.15) is 24.0 Å². The van der Waals surface area contributed by atoms with E-state index in [-0.39, 0.29) is 0 Å². The van der Waals surface area contributed by atoms with Gasteiger partial charge in [0, 0.05) is 5.02 Å². The third kappa shape index (κ3) is 2.18. The van der Waals surface area contributed by atoms with Gasteiger partial charge in [-0.15, -0.1) is 0 Å². The highest BCUT2D eigenvalue weighted by Crippen LogP contribution is 2.49. The molecule has 2 N–H and O–H groups in total. The molecule has 0 atom stereocenters. The molecule has 0 unspecified atom stereocenters. The molecule has 0 aliphatic heterocycles. The third-order valence-electron chi connectivity index (χ3n) is 3.48. The minimum atomic E-state index is 0.310. The normalized spacial score (nSPS) is 17.2. The molecule has 1 fully saturated rings. The van der Waals surface area contributed by atoms with E-state index in [2.05, 4.69) is 0 Å². The molecule has 1 saturated carbocycles. The summed E-state index contributed by atoms with van der Waals surface area (Å²) in [6, 6.07) is 3.94. The first-order chi connectivity index (χ1) is 7.60. The van der Waals surface area contributed by atoms with Crippen LogP contribution in [0.3, 0.4) is 0 Å². The standard InChI is InChI=1S/C13H18ClNO/c1-9-5-11(14)6-10(12(9)16-2)7-13(8-15)3-4-13/h5-6H,3-4,7-8,15H2,1-2H3. The van der Waals surface area contributed by atoms with Gasteiger partial charge < -0.3 is 10.5 Å². The van der Waals surface area contributed by atoms with Crippen LogP contribution in [0.2, 0.25) is 5.02 Å². The van der Waals surface area contributed by atoms with Crippen molar-refractivity contribution in [1.82, 2.24) is 0 Å². The van der Waals surface area contributed by atoms with E-state index in [9.17, 15) is 0 Å². The van der Waals surface area contributed by atoms with Crippen molar-refractivity contribution in [3.63, 3.8) is 0 Å². The van der Waals surface area contributed by atoms with Crippen LogP contribution >= 0.6 is 11.6 Å². The van der Waals surface area contributed by atoms with Crippen molar-refractivity contribution < 1.29 is 4.74 Å². The van der Waals surface area contributed by atoms with Crippen molar-refractivity contribution in [1.29, 1.82) is 0 Å². The molecule has 1 aromatic rings. The van der Waals surface area contributed by atoms with E-state index in [1.165, 1.54) is 18.4 Å². The van der Waals surface area contributed by atoms with E-state index < -0.39 is 0 Å². The average molecular weight is 240 g/mol. The second kappa shape index (κ2) is 4.27. The summed E-state index contributed by atoms with van der Waals surface area (Å²) in [5.41, 5.74) is 8.41. The Bertz CT molecular complexity index is 399. The number of halogens is 1. The molecule has 0 spiro atoms. The van der Waals surface area contributed by atoms with Crippen LogP contribution in [0.4, 0.5) is 0 Å². The number of nitrogens with two attached hydrogens (primary N) is 1. The van der Waals surface area contributed by atoms with Gasteiger partial charge in [0.15, 0.2) is 0 Å². The van der Waals surface area contributed by atoms with E-state index in [1.54, 1.807) is 7.11 Å². The number of ether oxygens (including phenoxy) is 1. The van der Waals surface area contributed by atoms with Crippen LogP contribution in [0.5, 0.6) is 5.75 Å². The van der Waals surface area contributed by atoms with Crippen molar-refractivity contribution >= 4 is 11.6 Å². The second-order valence-electron chi connectivity index (χ2n) is 4.80. The molecule has 0 radical (unpaired) electrons. The summed E-state index contributed by atoms with van der Waals surface area (Å²) in [5.74, 6) is 0.962. The maximum absolute atomic E-state index is 6.08. The van der Waals surface area contributed by atoms with Gasteiger partial charge in [-0.2, -0.15) is 0 Å². The van der Waals surface area contributed by atoms with Crippen molar-refractivity contribution in [2.24, 2.45) is 11.1 Å². The molecule has 1 aliphatic carbocycles. The van der Waals surface area contributed by atoms with Crippen molar-refractivity contribution in [3.8, 4) is 5.75 Å². The molecule has 2 nitrogen and oxygen atoms in total. The topological polar surface area (TPSA) is 35.2 Å². The van der Waals surface area contributed by atoms with Gasteiger partial charge in [-0.1, -0.05) is 11.6 Å². The number of hydrogen-bond donors (Lipinski definition) is 1. The first-order valence-corrected chi connectivity index (χ1v) is 6.01. The zero-order valence-electron chi connectivity index (χ0n) is 9.85. The molecule has 2 rings (SSSR count). The van der Waals surface area contributed by atoms with Gasteiger partial charge in [0.2, 0.25) is 0 Å². The van der Waals surface area contributed by atoms with Gasteiger partial charge in [-0.25, -0.2) is 0 Å². The predicted octanol–water partition coefficient (Wildman–Crippen LogP) is 2.94. The third-order valence-corrected chi connectivity index (χ3v) is 3.69. The van der Waals surface area contributed by atoms with E-state index >= 15 is 0 Å². The quantitative estimate of drug-likeness (QED) is 0.877. The Morgan fingerprint density at radius 1 is 1.44 bits per heavy atom. The van der Waals surface area contributed by atoms with E-state index in [0.29, 0.717) is 5.41 Å². The molecule has 0 aromatic heterocycles. The molecule has 3 heteroatoms. The largest absolute Gasteiger partial charge is 0.496 e. The van der Waals surface area contributed by atoms with Crippen LogP contribution in [-0.4, -0.2) is 13.7 Å². The monoisotopic (exact) mass is 239 g/mol. The van der Waals surface area contributed by atoms with Crippen LogP contribution < -0.4 is 10.5 Å². The summed E-state index contributed by atoms with van der Waals surface area (Å²) >= 11 is 6.08. The molecule has 88 valence electrons. The fraction of sp³-hybridized carbons (Fsp3) is 0.538. The average Bonchev–Trinajstić information content (AvgIpc) is 2.98. The Morgan fingerprint density at radius 2 is 2.12 bits per heavy atom. The van der Waals surface area contributed by atoms with Gasteiger partial charge in [0.1, 0.15) is 5.75 Å². The van der Waals surface area contributed by atoms with Gasteiger partial charge in [0.05, 0.1) is 7.11 Å². The van der Waals surface area contributed by atoms with Crippen molar-refractivity contribution in [3.05, 3.63) is 28.3 Å². The van der Waals surface area contributed by atoms with Crippen LogP contribution in [0.25, 0.3) is 0 Å². The summed E-state index contributed by atoms with van der Waals surface area (Å²) in [6.45, 7) is 2.78. The molecule has 0 saturated heterocycles. The second-order valence-corrected chi connectivity index (χ2v) is 5.23.